The number of anilines is 1. The molecular weight excluding hydrogens is 268 g/mol. The van der Waals surface area contributed by atoms with Crippen LogP contribution in [0.5, 0.6) is 0 Å². The van der Waals surface area contributed by atoms with Crippen molar-refractivity contribution in [3.05, 3.63) is 36.0 Å². The van der Waals surface area contributed by atoms with Crippen LogP contribution >= 0.6 is 0 Å². The van der Waals surface area contributed by atoms with Gasteiger partial charge in [-0.25, -0.2) is 9.78 Å². The lowest BCUT2D eigenvalue weighted by atomic mass is 9.92. The fourth-order valence-corrected chi connectivity index (χ4v) is 2.07. The third-order valence-corrected chi connectivity index (χ3v) is 2.96. The number of carboxylic acids is 1. The van der Waals surface area contributed by atoms with Crippen molar-refractivity contribution in [3.8, 4) is 0 Å². The summed E-state index contributed by atoms with van der Waals surface area (Å²) >= 11 is 0. The van der Waals surface area contributed by atoms with Crippen molar-refractivity contribution in [3.63, 3.8) is 0 Å². The first-order chi connectivity index (χ1) is 9.76. The van der Waals surface area contributed by atoms with Crippen molar-refractivity contribution in [1.82, 2.24) is 4.98 Å². The molecule has 110 valence electrons. The second kappa shape index (κ2) is 5.52. The lowest BCUT2D eigenvalue weighted by molar-refractivity contribution is -0.117. The van der Waals surface area contributed by atoms with Crippen LogP contribution in [0.25, 0.3) is 10.8 Å². The molecule has 1 aromatic carbocycles. The Kier molecular flexibility index (Phi) is 3.93. The molecule has 0 unspecified atom stereocenters. The Balaban J connectivity index is 2.33. The van der Waals surface area contributed by atoms with E-state index >= 15 is 0 Å². The molecule has 0 fully saturated rings. The molecule has 5 nitrogen and oxygen atoms in total. The molecule has 0 aliphatic carbocycles. The smallest absolute Gasteiger partial charge is 0.335 e. The highest BCUT2D eigenvalue weighted by molar-refractivity contribution is 6.02. The molecule has 1 heterocycles. The van der Waals surface area contributed by atoms with Gasteiger partial charge in [0.05, 0.1) is 5.56 Å². The molecule has 0 atom stereocenters. The van der Waals surface area contributed by atoms with E-state index < -0.39 is 5.97 Å². The van der Waals surface area contributed by atoms with Gasteiger partial charge < -0.3 is 10.4 Å². The van der Waals surface area contributed by atoms with Gasteiger partial charge in [-0.2, -0.15) is 0 Å². The third kappa shape index (κ3) is 3.78. The zero-order chi connectivity index (χ0) is 15.6. The van der Waals surface area contributed by atoms with Crippen molar-refractivity contribution < 1.29 is 14.7 Å². The Morgan fingerprint density at radius 1 is 1.24 bits per heavy atom. The summed E-state index contributed by atoms with van der Waals surface area (Å²) in [5.74, 6) is -0.629. The Hall–Kier alpha value is -2.43. The molecule has 2 rings (SSSR count). The number of carbonyl (C=O) groups excluding carboxylic acids is 1. The first-order valence-electron chi connectivity index (χ1n) is 6.68. The maximum absolute atomic E-state index is 12.0. The molecule has 2 N–H and O–H groups in total. The number of carboxylic acid groups (broad SMARTS) is 1. The summed E-state index contributed by atoms with van der Waals surface area (Å²) in [4.78, 5) is 27.2. The van der Waals surface area contributed by atoms with Crippen LogP contribution in [0, 0.1) is 5.41 Å². The predicted octanol–water partition coefficient (Wildman–Crippen LogP) is 3.31. The number of hydrogen-bond acceptors (Lipinski definition) is 3. The first kappa shape index (κ1) is 15.0. The number of pyridine rings is 1. The third-order valence-electron chi connectivity index (χ3n) is 2.96. The summed E-state index contributed by atoms with van der Waals surface area (Å²) in [6, 6.07) is 6.46. The summed E-state index contributed by atoms with van der Waals surface area (Å²) in [5.41, 5.74) is 0.103. The van der Waals surface area contributed by atoms with Gasteiger partial charge in [0.25, 0.3) is 0 Å². The number of benzene rings is 1. The van der Waals surface area contributed by atoms with Crippen LogP contribution in [0.2, 0.25) is 0 Å². The van der Waals surface area contributed by atoms with E-state index in [1.54, 1.807) is 24.4 Å². The number of nitrogens with zero attached hydrogens (tertiary/aromatic N) is 1. The Morgan fingerprint density at radius 2 is 1.95 bits per heavy atom. The Bertz CT molecular complexity index is 702. The molecule has 2 aromatic rings. The minimum Gasteiger partial charge on any atom is -0.478 e. The standard InChI is InChI=1S/C16H18N2O3/c1-16(2,3)9-13(19)18-14-12-5-4-11(15(20)21)8-10(12)6-7-17-14/h4-8H,9H2,1-3H3,(H,20,21)(H,17,18,19). The van der Waals surface area contributed by atoms with E-state index in [1.807, 2.05) is 20.8 Å². The fraction of sp³-hybridized carbons (Fsp3) is 0.312. The quantitative estimate of drug-likeness (QED) is 0.907. The molecular formula is C16H18N2O3. The van der Waals surface area contributed by atoms with Gasteiger partial charge in [-0.1, -0.05) is 20.8 Å². The van der Waals surface area contributed by atoms with Gasteiger partial charge in [0.15, 0.2) is 0 Å². The fourth-order valence-electron chi connectivity index (χ4n) is 2.07. The van der Waals surface area contributed by atoms with Gasteiger partial charge in [0.2, 0.25) is 5.91 Å². The van der Waals surface area contributed by atoms with Gasteiger partial charge in [-0.3, -0.25) is 4.79 Å². The lowest BCUT2D eigenvalue weighted by Crippen LogP contribution is -2.20. The molecule has 0 saturated heterocycles. The number of aromatic carboxylic acids is 1. The van der Waals surface area contributed by atoms with Crippen molar-refractivity contribution in [1.29, 1.82) is 0 Å². The highest BCUT2D eigenvalue weighted by atomic mass is 16.4. The number of amides is 1. The number of rotatable bonds is 3. The topological polar surface area (TPSA) is 79.3 Å². The molecule has 0 saturated carbocycles. The number of nitrogens with one attached hydrogen (secondary N) is 1. The summed E-state index contributed by atoms with van der Waals surface area (Å²) in [6.07, 6.45) is 1.94. The molecule has 0 bridgehead atoms. The monoisotopic (exact) mass is 286 g/mol. The number of hydrogen-bond donors (Lipinski definition) is 2. The highest BCUT2D eigenvalue weighted by Gasteiger charge is 2.17. The van der Waals surface area contributed by atoms with Gasteiger partial charge in [-0.15, -0.1) is 0 Å². The largest absolute Gasteiger partial charge is 0.478 e. The summed E-state index contributed by atoms with van der Waals surface area (Å²) in [5, 5.41) is 13.3. The average Bonchev–Trinajstić information content (AvgIpc) is 2.36. The number of fused-ring (bicyclic) bond motifs is 1. The minimum atomic E-state index is -0.980. The van der Waals surface area contributed by atoms with Gasteiger partial charge in [0, 0.05) is 18.0 Å². The van der Waals surface area contributed by atoms with Gasteiger partial charge >= 0.3 is 5.97 Å². The predicted molar refractivity (Wildman–Crippen MR) is 81.4 cm³/mol. The van der Waals surface area contributed by atoms with Crippen LogP contribution in [-0.2, 0) is 4.79 Å². The first-order valence-corrected chi connectivity index (χ1v) is 6.68. The van der Waals surface area contributed by atoms with E-state index in [2.05, 4.69) is 10.3 Å². The van der Waals surface area contributed by atoms with Crippen LogP contribution in [0.15, 0.2) is 30.5 Å². The molecule has 0 aliphatic heterocycles. The maximum atomic E-state index is 12.0. The van der Waals surface area contributed by atoms with Crippen LogP contribution < -0.4 is 5.32 Å². The van der Waals surface area contributed by atoms with Gasteiger partial charge in [0.1, 0.15) is 5.82 Å². The van der Waals surface area contributed by atoms with Crippen molar-refractivity contribution in [2.24, 2.45) is 5.41 Å². The van der Waals surface area contributed by atoms with E-state index in [0.29, 0.717) is 12.2 Å². The van der Waals surface area contributed by atoms with E-state index in [-0.39, 0.29) is 16.9 Å². The molecule has 0 radical (unpaired) electrons. The van der Waals surface area contributed by atoms with Crippen molar-refractivity contribution in [2.75, 3.05) is 5.32 Å². The number of carbonyl (C=O) groups is 2. The normalized spacial score (nSPS) is 11.4. The van der Waals surface area contributed by atoms with E-state index in [1.165, 1.54) is 6.07 Å². The SMILES string of the molecule is CC(C)(C)CC(=O)Nc1nccc2cc(C(=O)O)ccc12. The highest BCUT2D eigenvalue weighted by Crippen LogP contribution is 2.24. The average molecular weight is 286 g/mol. The molecule has 0 aliphatic rings. The van der Waals surface area contributed by atoms with E-state index in [0.717, 1.165) is 10.8 Å². The molecule has 1 amide bonds. The summed E-state index contributed by atoms with van der Waals surface area (Å²) in [7, 11) is 0. The lowest BCUT2D eigenvalue weighted by Gasteiger charge is -2.17. The zero-order valence-corrected chi connectivity index (χ0v) is 12.3. The number of aromatic nitrogens is 1. The molecule has 5 heteroatoms. The second-order valence-corrected chi connectivity index (χ2v) is 6.19. The Labute approximate surface area is 123 Å². The van der Waals surface area contributed by atoms with E-state index in [9.17, 15) is 9.59 Å². The summed E-state index contributed by atoms with van der Waals surface area (Å²) in [6.45, 7) is 5.97. The van der Waals surface area contributed by atoms with Crippen molar-refractivity contribution in [2.45, 2.75) is 27.2 Å². The van der Waals surface area contributed by atoms with Crippen LogP contribution in [0.4, 0.5) is 5.82 Å². The van der Waals surface area contributed by atoms with Crippen molar-refractivity contribution >= 4 is 28.5 Å². The van der Waals surface area contributed by atoms with Crippen LogP contribution in [0.3, 0.4) is 0 Å². The maximum Gasteiger partial charge on any atom is 0.335 e. The molecule has 21 heavy (non-hydrogen) atoms. The van der Waals surface area contributed by atoms with Gasteiger partial charge in [-0.05, 0) is 35.1 Å². The Morgan fingerprint density at radius 3 is 2.57 bits per heavy atom. The molecule has 0 spiro atoms. The summed E-state index contributed by atoms with van der Waals surface area (Å²) < 4.78 is 0. The van der Waals surface area contributed by atoms with Crippen LogP contribution in [0.1, 0.15) is 37.6 Å². The second-order valence-electron chi connectivity index (χ2n) is 6.19. The zero-order valence-electron chi connectivity index (χ0n) is 12.3. The minimum absolute atomic E-state index is 0.106. The van der Waals surface area contributed by atoms with Crippen LogP contribution in [-0.4, -0.2) is 22.0 Å². The van der Waals surface area contributed by atoms with E-state index in [4.69, 9.17) is 5.11 Å². The molecule has 1 aromatic heterocycles.